The molecule has 0 atom stereocenters. The number of amidine groups is 1. The molecule has 1 fully saturated rings. The molecule has 7 heteroatoms. The van der Waals surface area contributed by atoms with Crippen molar-refractivity contribution in [3.63, 3.8) is 0 Å². The number of thioether (sulfide) groups is 1. The van der Waals surface area contributed by atoms with E-state index < -0.39 is 0 Å². The van der Waals surface area contributed by atoms with Gasteiger partial charge in [-0.2, -0.15) is 5.10 Å². The highest BCUT2D eigenvalue weighted by Crippen LogP contribution is 2.31. The van der Waals surface area contributed by atoms with Crippen molar-refractivity contribution in [1.82, 2.24) is 4.98 Å². The van der Waals surface area contributed by atoms with E-state index in [1.54, 1.807) is 11.1 Å². The maximum Gasteiger partial charge on any atom is 0.243 e. The summed E-state index contributed by atoms with van der Waals surface area (Å²) < 4.78 is 0. The van der Waals surface area contributed by atoms with Crippen LogP contribution in [-0.2, 0) is 4.79 Å². The summed E-state index contributed by atoms with van der Waals surface area (Å²) in [6.45, 7) is 2.02. The Bertz CT molecular complexity index is 1370. The summed E-state index contributed by atoms with van der Waals surface area (Å²) in [6.07, 6.45) is 1.74. The summed E-state index contributed by atoms with van der Waals surface area (Å²) in [5.74, 6) is 0.351. The van der Waals surface area contributed by atoms with Crippen LogP contribution in [0.15, 0.2) is 83.0 Å². The molecular weight excluding hydrogens is 418 g/mol. The fourth-order valence-electron chi connectivity index (χ4n) is 3.74. The van der Waals surface area contributed by atoms with Gasteiger partial charge in [0.2, 0.25) is 5.91 Å². The molecule has 0 spiro atoms. The predicted octanol–water partition coefficient (Wildman–Crippen LogP) is 5.20. The van der Waals surface area contributed by atoms with Crippen molar-refractivity contribution < 1.29 is 4.79 Å². The second-order valence-electron chi connectivity index (χ2n) is 7.57. The first kappa shape index (κ1) is 20.1. The number of carbonyl (C=O) groups excluding carboxylic acids is 1. The number of nitrogens with one attached hydrogen (secondary N) is 1. The number of rotatable bonds is 4. The molecule has 4 aromatic rings. The fourth-order valence-corrected chi connectivity index (χ4v) is 4.56. The average Bonchev–Trinajstić information content (AvgIpc) is 3.35. The highest BCUT2D eigenvalue weighted by atomic mass is 32.2. The predicted molar refractivity (Wildman–Crippen MR) is 134 cm³/mol. The number of carbonyl (C=O) groups is 1. The SMILES string of the molecule is Cc1ccc(N2C(=O)CSC2=N/N=C\c2c(-c3cccc(N)c3)[nH]c3ccccc23)cc1. The Kier molecular flexibility index (Phi) is 5.25. The van der Waals surface area contributed by atoms with E-state index in [9.17, 15) is 4.79 Å². The van der Waals surface area contributed by atoms with Gasteiger partial charge >= 0.3 is 0 Å². The van der Waals surface area contributed by atoms with Crippen molar-refractivity contribution in [3.8, 4) is 11.3 Å². The van der Waals surface area contributed by atoms with Gasteiger partial charge in [0, 0.05) is 27.7 Å². The Morgan fingerprint density at radius 1 is 1.06 bits per heavy atom. The first-order chi connectivity index (χ1) is 15.6. The molecule has 6 nitrogen and oxygen atoms in total. The molecule has 2 heterocycles. The zero-order valence-electron chi connectivity index (χ0n) is 17.4. The van der Waals surface area contributed by atoms with E-state index >= 15 is 0 Å². The van der Waals surface area contributed by atoms with Gasteiger partial charge in [0.05, 0.1) is 23.3 Å². The van der Waals surface area contributed by atoms with E-state index in [2.05, 4.69) is 15.2 Å². The van der Waals surface area contributed by atoms with Gasteiger partial charge in [0.1, 0.15) is 0 Å². The lowest BCUT2D eigenvalue weighted by atomic mass is 10.1. The molecular formula is C25H21N5OS. The van der Waals surface area contributed by atoms with Crippen LogP contribution in [-0.4, -0.2) is 28.0 Å². The Morgan fingerprint density at radius 2 is 1.88 bits per heavy atom. The van der Waals surface area contributed by atoms with Gasteiger partial charge in [-0.15, -0.1) is 5.10 Å². The summed E-state index contributed by atoms with van der Waals surface area (Å²) in [5, 5.41) is 10.4. The Labute approximate surface area is 189 Å². The van der Waals surface area contributed by atoms with E-state index in [-0.39, 0.29) is 5.91 Å². The van der Waals surface area contributed by atoms with E-state index in [1.807, 2.05) is 79.7 Å². The first-order valence-electron chi connectivity index (χ1n) is 10.2. The minimum Gasteiger partial charge on any atom is -0.399 e. The lowest BCUT2D eigenvalue weighted by Crippen LogP contribution is -2.28. The molecule has 0 aliphatic carbocycles. The third kappa shape index (κ3) is 3.78. The highest BCUT2D eigenvalue weighted by molar-refractivity contribution is 8.15. The summed E-state index contributed by atoms with van der Waals surface area (Å²) in [4.78, 5) is 17.6. The van der Waals surface area contributed by atoms with Crippen LogP contribution in [0.25, 0.3) is 22.2 Å². The van der Waals surface area contributed by atoms with E-state index in [4.69, 9.17) is 5.73 Å². The number of anilines is 2. The zero-order valence-corrected chi connectivity index (χ0v) is 18.3. The quantitative estimate of drug-likeness (QED) is 0.260. The van der Waals surface area contributed by atoms with Crippen LogP contribution >= 0.6 is 11.8 Å². The zero-order chi connectivity index (χ0) is 22.1. The van der Waals surface area contributed by atoms with Crippen LogP contribution in [0.2, 0.25) is 0 Å². The molecule has 158 valence electrons. The van der Waals surface area contributed by atoms with Gasteiger partial charge in [-0.25, -0.2) is 0 Å². The molecule has 1 aromatic heterocycles. The molecule has 0 radical (unpaired) electrons. The summed E-state index contributed by atoms with van der Waals surface area (Å²) in [6, 6.07) is 23.6. The Balaban J connectivity index is 1.53. The Hall–Kier alpha value is -3.84. The molecule has 0 unspecified atom stereocenters. The number of nitrogen functional groups attached to an aromatic ring is 1. The number of H-pyrrole nitrogens is 1. The van der Waals surface area contributed by atoms with Crippen LogP contribution in [0, 0.1) is 6.92 Å². The molecule has 3 N–H and O–H groups in total. The molecule has 1 saturated heterocycles. The van der Waals surface area contributed by atoms with Gasteiger partial charge in [-0.1, -0.05) is 59.8 Å². The van der Waals surface area contributed by atoms with Gasteiger partial charge < -0.3 is 10.7 Å². The van der Waals surface area contributed by atoms with Crippen molar-refractivity contribution in [2.75, 3.05) is 16.4 Å². The maximum atomic E-state index is 12.5. The van der Waals surface area contributed by atoms with Crippen molar-refractivity contribution in [3.05, 3.63) is 83.9 Å². The monoisotopic (exact) mass is 439 g/mol. The van der Waals surface area contributed by atoms with Crippen molar-refractivity contribution in [1.29, 1.82) is 0 Å². The normalized spacial score (nSPS) is 15.5. The lowest BCUT2D eigenvalue weighted by molar-refractivity contribution is -0.115. The van der Waals surface area contributed by atoms with Crippen LogP contribution in [0.4, 0.5) is 11.4 Å². The topological polar surface area (TPSA) is 86.8 Å². The summed E-state index contributed by atoms with van der Waals surface area (Å²) in [7, 11) is 0. The smallest absolute Gasteiger partial charge is 0.243 e. The molecule has 32 heavy (non-hydrogen) atoms. The maximum absolute atomic E-state index is 12.5. The first-order valence-corrected chi connectivity index (χ1v) is 11.2. The number of benzene rings is 3. The molecule has 1 aliphatic heterocycles. The number of aromatic nitrogens is 1. The minimum atomic E-state index is 0.000321. The van der Waals surface area contributed by atoms with Gasteiger partial charge in [0.25, 0.3) is 0 Å². The number of aryl methyl sites for hydroxylation is 1. The number of amides is 1. The average molecular weight is 440 g/mol. The fraction of sp³-hybridized carbons (Fsp3) is 0.0800. The molecule has 1 aliphatic rings. The number of aromatic amines is 1. The van der Waals surface area contributed by atoms with Gasteiger partial charge in [-0.05, 0) is 37.3 Å². The van der Waals surface area contributed by atoms with E-state index in [0.717, 1.165) is 39.0 Å². The number of nitrogens with two attached hydrogens (primary N) is 1. The number of hydrogen-bond acceptors (Lipinski definition) is 5. The molecule has 3 aromatic carbocycles. The van der Waals surface area contributed by atoms with Crippen LogP contribution in [0.1, 0.15) is 11.1 Å². The molecule has 0 bridgehead atoms. The number of nitrogens with zero attached hydrogens (tertiary/aromatic N) is 3. The number of para-hydroxylation sites is 1. The lowest BCUT2D eigenvalue weighted by Gasteiger charge is -2.15. The van der Waals surface area contributed by atoms with E-state index in [1.165, 1.54) is 11.8 Å². The second kappa shape index (κ2) is 8.36. The third-order valence-electron chi connectivity index (χ3n) is 5.31. The van der Waals surface area contributed by atoms with Crippen LogP contribution in [0.5, 0.6) is 0 Å². The third-order valence-corrected chi connectivity index (χ3v) is 6.22. The van der Waals surface area contributed by atoms with Crippen molar-refractivity contribution >= 4 is 51.3 Å². The number of fused-ring (bicyclic) bond motifs is 1. The standard InChI is InChI=1S/C25H21N5OS/c1-16-9-11-19(12-10-16)30-23(31)15-32-25(30)29-27-14-21-20-7-2-3-8-22(20)28-24(21)17-5-4-6-18(26)13-17/h2-14,28H,15,26H2,1H3/b27-14-,29-25?. The molecule has 1 amide bonds. The van der Waals surface area contributed by atoms with Gasteiger partial charge in [0.15, 0.2) is 5.17 Å². The van der Waals surface area contributed by atoms with Crippen molar-refractivity contribution in [2.45, 2.75) is 6.92 Å². The van der Waals surface area contributed by atoms with Gasteiger partial charge in [-0.3, -0.25) is 9.69 Å². The van der Waals surface area contributed by atoms with E-state index in [0.29, 0.717) is 16.6 Å². The molecule has 5 rings (SSSR count). The van der Waals surface area contributed by atoms with Crippen LogP contribution in [0.3, 0.4) is 0 Å². The number of hydrogen-bond donors (Lipinski definition) is 2. The Morgan fingerprint density at radius 3 is 2.69 bits per heavy atom. The highest BCUT2D eigenvalue weighted by Gasteiger charge is 2.29. The largest absolute Gasteiger partial charge is 0.399 e. The molecule has 0 saturated carbocycles. The summed E-state index contributed by atoms with van der Waals surface area (Å²) in [5.41, 5.74) is 12.5. The summed E-state index contributed by atoms with van der Waals surface area (Å²) >= 11 is 1.39. The minimum absolute atomic E-state index is 0.000321. The van der Waals surface area contributed by atoms with Crippen LogP contribution < -0.4 is 10.6 Å². The van der Waals surface area contributed by atoms with Crippen molar-refractivity contribution in [2.24, 2.45) is 10.2 Å². The second-order valence-corrected chi connectivity index (χ2v) is 8.51.